The molecule has 0 aliphatic carbocycles. The van der Waals surface area contributed by atoms with Gasteiger partial charge in [0.1, 0.15) is 13.6 Å². The third-order valence-electron chi connectivity index (χ3n) is 1.25. The molecule has 5 nitrogen and oxygen atoms in total. The molecule has 0 fully saturated rings. The summed E-state index contributed by atoms with van der Waals surface area (Å²) in [5.74, 6) is 0. The van der Waals surface area contributed by atoms with Gasteiger partial charge in [0.05, 0.1) is 13.2 Å². The van der Waals surface area contributed by atoms with Crippen LogP contribution in [0.5, 0.6) is 0 Å². The van der Waals surface area contributed by atoms with Gasteiger partial charge in [-0.25, -0.2) is 0 Å². The molecule has 0 aromatic heterocycles. The van der Waals surface area contributed by atoms with Gasteiger partial charge >= 0.3 is 0 Å². The van der Waals surface area contributed by atoms with Gasteiger partial charge in [0.2, 0.25) is 0 Å². The molecule has 0 atom stereocenters. The molecule has 0 aliphatic rings. The summed E-state index contributed by atoms with van der Waals surface area (Å²) in [7, 11) is 3.21. The molecule has 80 valence electrons. The minimum absolute atomic E-state index is 0.349. The molecule has 1 N–H and O–H groups in total. The van der Waals surface area contributed by atoms with Crippen LogP contribution in [-0.2, 0) is 18.9 Å². The summed E-state index contributed by atoms with van der Waals surface area (Å²) in [6.45, 7) is 3.61. The Bertz CT molecular complexity index is 82.2. The van der Waals surface area contributed by atoms with Gasteiger partial charge in [0.25, 0.3) is 0 Å². The van der Waals surface area contributed by atoms with Crippen LogP contribution in [-0.4, -0.2) is 54.1 Å². The predicted molar refractivity (Wildman–Crippen MR) is 48.5 cm³/mol. The molecule has 5 heteroatoms. The zero-order valence-corrected chi connectivity index (χ0v) is 8.38. The number of methoxy groups -OCH3 is 2. The normalized spacial score (nSPS) is 10.6. The van der Waals surface area contributed by atoms with Gasteiger partial charge in [-0.05, 0) is 0 Å². The van der Waals surface area contributed by atoms with E-state index in [2.05, 4.69) is 5.32 Å². The molecule has 13 heavy (non-hydrogen) atoms. The van der Waals surface area contributed by atoms with E-state index in [0.29, 0.717) is 26.8 Å². The predicted octanol–water partition coefficient (Wildman–Crippen LogP) is -0.183. The van der Waals surface area contributed by atoms with Gasteiger partial charge in [-0.15, -0.1) is 0 Å². The first-order chi connectivity index (χ1) is 6.41. The van der Waals surface area contributed by atoms with E-state index in [1.165, 1.54) is 0 Å². The Balaban J connectivity index is 2.76. The lowest BCUT2D eigenvalue weighted by Crippen LogP contribution is -2.24. The summed E-state index contributed by atoms with van der Waals surface area (Å²) in [4.78, 5) is 0. The molecular weight excluding hydrogens is 174 g/mol. The molecular formula is C8H19NO4. The quantitative estimate of drug-likeness (QED) is 0.385. The van der Waals surface area contributed by atoms with Crippen LogP contribution < -0.4 is 5.32 Å². The molecule has 0 aromatic rings. The van der Waals surface area contributed by atoms with Crippen LogP contribution in [0.3, 0.4) is 0 Å². The Kier molecular flexibility index (Phi) is 11.6. The Morgan fingerprint density at radius 2 is 1.31 bits per heavy atom. The third-order valence-corrected chi connectivity index (χ3v) is 1.25. The van der Waals surface area contributed by atoms with Gasteiger partial charge in [0.15, 0.2) is 0 Å². The summed E-state index contributed by atoms with van der Waals surface area (Å²) >= 11 is 0. The van der Waals surface area contributed by atoms with E-state index in [9.17, 15) is 0 Å². The second-order valence-electron chi connectivity index (χ2n) is 2.38. The Hall–Kier alpha value is -0.200. The topological polar surface area (TPSA) is 49.0 Å². The van der Waals surface area contributed by atoms with Crippen molar-refractivity contribution < 1.29 is 18.9 Å². The third kappa shape index (κ3) is 11.8. The second kappa shape index (κ2) is 11.8. The first-order valence-corrected chi connectivity index (χ1v) is 4.26. The van der Waals surface area contributed by atoms with E-state index >= 15 is 0 Å². The fourth-order valence-electron chi connectivity index (χ4n) is 0.698. The number of hydrogen-bond donors (Lipinski definition) is 1. The van der Waals surface area contributed by atoms with Crippen molar-refractivity contribution in [3.05, 3.63) is 0 Å². The standard InChI is InChI=1S/C8H19NO4/c1-10-7-12-5-3-9-4-6-13-8-11-2/h9H,3-8H2,1-2H3. The van der Waals surface area contributed by atoms with Crippen molar-refractivity contribution in [1.29, 1.82) is 0 Å². The number of ether oxygens (including phenoxy) is 4. The van der Waals surface area contributed by atoms with Crippen LogP contribution in [0.1, 0.15) is 0 Å². The molecule has 0 saturated heterocycles. The van der Waals surface area contributed by atoms with Crippen LogP contribution in [0.25, 0.3) is 0 Å². The van der Waals surface area contributed by atoms with Crippen molar-refractivity contribution in [2.24, 2.45) is 0 Å². The Morgan fingerprint density at radius 1 is 0.846 bits per heavy atom. The SMILES string of the molecule is COCOCCNCCOCOC. The van der Waals surface area contributed by atoms with Crippen LogP contribution >= 0.6 is 0 Å². The average Bonchev–Trinajstić information content (AvgIpc) is 2.16. The maximum absolute atomic E-state index is 5.06. The monoisotopic (exact) mass is 193 g/mol. The largest absolute Gasteiger partial charge is 0.359 e. The molecule has 0 aromatic carbocycles. The maximum atomic E-state index is 5.06. The van der Waals surface area contributed by atoms with Crippen molar-refractivity contribution >= 4 is 0 Å². The average molecular weight is 193 g/mol. The highest BCUT2D eigenvalue weighted by atomic mass is 16.7. The van der Waals surface area contributed by atoms with E-state index in [-0.39, 0.29) is 0 Å². The van der Waals surface area contributed by atoms with Gasteiger partial charge in [-0.2, -0.15) is 0 Å². The molecule has 0 bridgehead atoms. The van der Waals surface area contributed by atoms with Crippen molar-refractivity contribution in [1.82, 2.24) is 5.32 Å². The van der Waals surface area contributed by atoms with Crippen LogP contribution in [0.15, 0.2) is 0 Å². The summed E-state index contributed by atoms with van der Waals surface area (Å²) in [5, 5.41) is 3.14. The number of hydrogen-bond acceptors (Lipinski definition) is 5. The molecule has 0 unspecified atom stereocenters. The zero-order chi connectivity index (χ0) is 9.78. The molecule has 0 saturated carbocycles. The highest BCUT2D eigenvalue weighted by molar-refractivity contribution is 4.43. The lowest BCUT2D eigenvalue weighted by molar-refractivity contribution is -0.0346. The van der Waals surface area contributed by atoms with Gasteiger partial charge < -0.3 is 24.3 Å². The molecule has 0 spiro atoms. The number of nitrogens with one attached hydrogen (secondary N) is 1. The van der Waals surface area contributed by atoms with Gasteiger partial charge in [0, 0.05) is 27.3 Å². The molecule has 0 amide bonds. The highest BCUT2D eigenvalue weighted by Crippen LogP contribution is 1.75. The van der Waals surface area contributed by atoms with E-state index < -0.39 is 0 Å². The first-order valence-electron chi connectivity index (χ1n) is 4.26. The molecule has 0 rings (SSSR count). The highest BCUT2D eigenvalue weighted by Gasteiger charge is 1.88. The second-order valence-corrected chi connectivity index (χ2v) is 2.38. The van der Waals surface area contributed by atoms with E-state index in [1.807, 2.05) is 0 Å². The van der Waals surface area contributed by atoms with Crippen LogP contribution in [0, 0.1) is 0 Å². The van der Waals surface area contributed by atoms with Crippen molar-refractivity contribution in [2.45, 2.75) is 0 Å². The lowest BCUT2D eigenvalue weighted by atomic mass is 10.6. The fraction of sp³-hybridized carbons (Fsp3) is 1.00. The first kappa shape index (κ1) is 12.8. The van der Waals surface area contributed by atoms with Gasteiger partial charge in [-0.1, -0.05) is 0 Å². The minimum Gasteiger partial charge on any atom is -0.359 e. The summed E-state index contributed by atoms with van der Waals surface area (Å²) in [5.41, 5.74) is 0. The summed E-state index contributed by atoms with van der Waals surface area (Å²) in [6.07, 6.45) is 0. The molecule has 0 heterocycles. The molecule has 0 radical (unpaired) electrons. The van der Waals surface area contributed by atoms with Crippen LogP contribution in [0.2, 0.25) is 0 Å². The smallest absolute Gasteiger partial charge is 0.146 e. The van der Waals surface area contributed by atoms with Crippen molar-refractivity contribution in [2.75, 3.05) is 54.1 Å². The molecule has 0 aliphatic heterocycles. The maximum Gasteiger partial charge on any atom is 0.146 e. The van der Waals surface area contributed by atoms with Crippen molar-refractivity contribution in [3.63, 3.8) is 0 Å². The zero-order valence-electron chi connectivity index (χ0n) is 8.38. The van der Waals surface area contributed by atoms with E-state index in [4.69, 9.17) is 18.9 Å². The van der Waals surface area contributed by atoms with Gasteiger partial charge in [-0.3, -0.25) is 0 Å². The van der Waals surface area contributed by atoms with Crippen LogP contribution in [0.4, 0.5) is 0 Å². The fourth-order valence-corrected chi connectivity index (χ4v) is 0.698. The van der Waals surface area contributed by atoms with Crippen molar-refractivity contribution in [3.8, 4) is 0 Å². The van der Waals surface area contributed by atoms with E-state index in [0.717, 1.165) is 13.1 Å². The number of rotatable bonds is 10. The summed E-state index contributed by atoms with van der Waals surface area (Å²) in [6, 6.07) is 0. The minimum atomic E-state index is 0.349. The Labute approximate surface area is 79.3 Å². The lowest BCUT2D eigenvalue weighted by Gasteiger charge is -2.05. The van der Waals surface area contributed by atoms with E-state index in [1.54, 1.807) is 14.2 Å². The summed E-state index contributed by atoms with van der Waals surface area (Å²) < 4.78 is 19.5. The Morgan fingerprint density at radius 3 is 1.69 bits per heavy atom.